The molecule has 0 unspecified atom stereocenters. The first-order valence-electron chi connectivity index (χ1n) is 10.3. The first-order chi connectivity index (χ1) is 13.9. The van der Waals surface area contributed by atoms with Gasteiger partial charge in [-0.15, -0.1) is 0 Å². The minimum atomic E-state index is 0. The van der Waals surface area contributed by atoms with Crippen LogP contribution in [0.5, 0.6) is 0 Å². The zero-order chi connectivity index (χ0) is 20.8. The molecule has 0 spiro atoms. The van der Waals surface area contributed by atoms with Gasteiger partial charge in [-0.25, -0.2) is 0 Å². The van der Waals surface area contributed by atoms with Gasteiger partial charge in [-0.3, -0.25) is 14.9 Å². The number of nitrogens with zero attached hydrogens (tertiary/aromatic N) is 3. The zero-order valence-electron chi connectivity index (χ0n) is 19.4. The molecule has 175 valence electrons. The molecule has 0 aliphatic rings. The van der Waals surface area contributed by atoms with Crippen molar-refractivity contribution in [2.75, 3.05) is 18.4 Å². The second-order valence-corrected chi connectivity index (χ2v) is 7.95. The summed E-state index contributed by atoms with van der Waals surface area (Å²) in [5.41, 5.74) is 9.46. The summed E-state index contributed by atoms with van der Waals surface area (Å²) in [4.78, 5) is 11.8. The molecule has 3 rings (SSSR count). The third-order valence-corrected chi connectivity index (χ3v) is 5.07. The van der Waals surface area contributed by atoms with E-state index >= 15 is 0 Å². The molecule has 2 aromatic heterocycles. The molecule has 7 heteroatoms. The Morgan fingerprint density at radius 3 is 1.66 bits per heavy atom. The summed E-state index contributed by atoms with van der Waals surface area (Å²) in [5, 5.41) is 3.65. The number of halogens is 2. The maximum Gasteiger partial charge on any atom is 2.00 e. The van der Waals surface area contributed by atoms with Crippen LogP contribution in [0.15, 0.2) is 48.5 Å². The first kappa shape index (κ1) is 30.9. The van der Waals surface area contributed by atoms with E-state index < -0.39 is 0 Å². The van der Waals surface area contributed by atoms with Crippen LogP contribution in [0.3, 0.4) is 0 Å². The van der Waals surface area contributed by atoms with Crippen molar-refractivity contribution >= 4 is 5.69 Å². The fourth-order valence-corrected chi connectivity index (χ4v) is 3.85. The third-order valence-electron chi connectivity index (χ3n) is 5.07. The van der Waals surface area contributed by atoms with E-state index in [1.54, 1.807) is 0 Å². The largest absolute Gasteiger partial charge is 2.00 e. The van der Waals surface area contributed by atoms with Crippen molar-refractivity contribution in [3.05, 3.63) is 88.0 Å². The predicted molar refractivity (Wildman–Crippen MR) is 121 cm³/mol. The van der Waals surface area contributed by atoms with Crippen LogP contribution in [0.25, 0.3) is 0 Å². The van der Waals surface area contributed by atoms with Crippen molar-refractivity contribution in [1.82, 2.24) is 14.9 Å². The summed E-state index contributed by atoms with van der Waals surface area (Å²) in [6.45, 7) is 14.0. The molecule has 3 aromatic rings. The van der Waals surface area contributed by atoms with Crippen LogP contribution in [-0.4, -0.2) is 28.0 Å². The van der Waals surface area contributed by atoms with Gasteiger partial charge in [0, 0.05) is 43.3 Å². The molecule has 0 fully saturated rings. The Bertz CT molecular complexity index is 911. The standard InChI is InChI=1S/C25H32N4.2BrH.Rh/c1-18-14-19(2)25(20(3)15-18)26-12-13-29(16-23-10-6-8-21(4)27-23)17-24-11-7-9-22(5)28-24;;;/h6-11,14-15,26H,12-13,16-17H2,1-5H3;2*1H;/q;;;+2/p-2. The van der Waals surface area contributed by atoms with Gasteiger partial charge in [0.05, 0.1) is 11.4 Å². The van der Waals surface area contributed by atoms with Crippen molar-refractivity contribution in [3.8, 4) is 0 Å². The van der Waals surface area contributed by atoms with Crippen molar-refractivity contribution in [1.29, 1.82) is 0 Å². The van der Waals surface area contributed by atoms with Gasteiger partial charge in [0.15, 0.2) is 0 Å². The van der Waals surface area contributed by atoms with Gasteiger partial charge < -0.3 is 39.3 Å². The van der Waals surface area contributed by atoms with Crippen LogP contribution in [-0.2, 0) is 32.6 Å². The maximum atomic E-state index is 4.69. The van der Waals surface area contributed by atoms with Crippen molar-refractivity contribution in [3.63, 3.8) is 0 Å². The Morgan fingerprint density at radius 1 is 0.750 bits per heavy atom. The number of aryl methyl sites for hydroxylation is 5. The molecule has 1 N–H and O–H groups in total. The predicted octanol–water partition coefficient (Wildman–Crippen LogP) is -0.861. The zero-order valence-corrected chi connectivity index (χ0v) is 24.2. The van der Waals surface area contributed by atoms with Gasteiger partial charge in [0.1, 0.15) is 0 Å². The summed E-state index contributed by atoms with van der Waals surface area (Å²) < 4.78 is 0. The molecular formula is C25H32Br2N4Rh. The molecule has 0 aliphatic heterocycles. The summed E-state index contributed by atoms with van der Waals surface area (Å²) in [6.07, 6.45) is 0. The number of rotatable bonds is 8. The molecule has 1 radical (unpaired) electrons. The van der Waals surface area contributed by atoms with Gasteiger partial charge in [0.25, 0.3) is 0 Å². The van der Waals surface area contributed by atoms with Crippen LogP contribution in [0, 0.1) is 34.6 Å². The van der Waals surface area contributed by atoms with E-state index in [4.69, 9.17) is 9.97 Å². The fraction of sp³-hybridized carbons (Fsp3) is 0.360. The molecule has 0 amide bonds. The van der Waals surface area contributed by atoms with Crippen molar-refractivity contribution in [2.45, 2.75) is 47.7 Å². The number of hydrogen-bond acceptors (Lipinski definition) is 4. The second-order valence-electron chi connectivity index (χ2n) is 7.95. The van der Waals surface area contributed by atoms with Crippen molar-refractivity contribution in [2.24, 2.45) is 0 Å². The molecule has 0 aliphatic carbocycles. The summed E-state index contributed by atoms with van der Waals surface area (Å²) >= 11 is 0. The minimum Gasteiger partial charge on any atom is -1.00 e. The van der Waals surface area contributed by atoms with Crippen LogP contribution < -0.4 is 39.3 Å². The number of nitrogens with one attached hydrogen (secondary N) is 1. The maximum absolute atomic E-state index is 4.69. The van der Waals surface area contributed by atoms with E-state index in [0.717, 1.165) is 49.0 Å². The molecule has 32 heavy (non-hydrogen) atoms. The van der Waals surface area contributed by atoms with E-state index in [0.29, 0.717) is 0 Å². The minimum absolute atomic E-state index is 0. The quantitative estimate of drug-likeness (QED) is 0.323. The molecular weight excluding hydrogens is 619 g/mol. The van der Waals surface area contributed by atoms with Gasteiger partial charge in [0.2, 0.25) is 0 Å². The summed E-state index contributed by atoms with van der Waals surface area (Å²) in [7, 11) is 0. The van der Waals surface area contributed by atoms with Crippen LogP contribution in [0.4, 0.5) is 5.69 Å². The Balaban J connectivity index is 0.00000320. The molecule has 0 saturated carbocycles. The van der Waals surface area contributed by atoms with E-state index in [9.17, 15) is 0 Å². The van der Waals surface area contributed by atoms with Gasteiger partial charge in [-0.1, -0.05) is 29.8 Å². The summed E-state index contributed by atoms with van der Waals surface area (Å²) in [6, 6.07) is 16.9. The Labute approximate surface area is 226 Å². The van der Waals surface area contributed by atoms with Gasteiger partial charge in [-0.2, -0.15) is 0 Å². The van der Waals surface area contributed by atoms with Crippen LogP contribution in [0.2, 0.25) is 0 Å². The number of pyridine rings is 2. The van der Waals surface area contributed by atoms with E-state index in [2.05, 4.69) is 67.4 Å². The Hall–Kier alpha value is -1.14. The Kier molecular flexibility index (Phi) is 14.4. The number of hydrogen-bond donors (Lipinski definition) is 1. The van der Waals surface area contributed by atoms with E-state index in [-0.39, 0.29) is 53.4 Å². The molecule has 4 nitrogen and oxygen atoms in total. The van der Waals surface area contributed by atoms with E-state index in [1.807, 2.05) is 26.0 Å². The Morgan fingerprint density at radius 2 is 1.22 bits per heavy atom. The molecule has 0 bridgehead atoms. The second kappa shape index (κ2) is 14.9. The molecule has 0 atom stereocenters. The molecule has 1 aromatic carbocycles. The SMILES string of the molecule is Cc1cc(C)c(NCCN(Cc2cccc(C)n2)Cc2cccc(C)n2)c(C)c1.[Br-].[Br-].[Rh+2]. The fourth-order valence-electron chi connectivity index (χ4n) is 3.85. The molecule has 0 saturated heterocycles. The van der Waals surface area contributed by atoms with Gasteiger partial charge in [-0.05, 0) is 70.0 Å². The molecule has 2 heterocycles. The number of anilines is 1. The van der Waals surface area contributed by atoms with Crippen LogP contribution in [0.1, 0.15) is 39.5 Å². The average molecular weight is 651 g/mol. The average Bonchev–Trinajstić information content (AvgIpc) is 2.64. The first-order valence-corrected chi connectivity index (χ1v) is 10.3. The van der Waals surface area contributed by atoms with Crippen LogP contribution >= 0.6 is 0 Å². The van der Waals surface area contributed by atoms with Gasteiger partial charge >= 0.3 is 19.5 Å². The number of benzene rings is 1. The third kappa shape index (κ3) is 9.39. The van der Waals surface area contributed by atoms with E-state index in [1.165, 1.54) is 22.4 Å². The monoisotopic (exact) mass is 649 g/mol. The number of aromatic nitrogens is 2. The topological polar surface area (TPSA) is 41.0 Å². The normalized spacial score (nSPS) is 10.1. The summed E-state index contributed by atoms with van der Waals surface area (Å²) in [5.74, 6) is 0. The van der Waals surface area contributed by atoms with Crippen molar-refractivity contribution < 1.29 is 53.4 Å². The smallest absolute Gasteiger partial charge is 1.00 e.